The number of rotatable bonds is 4. The molecule has 0 unspecified atom stereocenters. The maximum atomic E-state index is 4.34. The van der Waals surface area contributed by atoms with E-state index in [4.69, 9.17) is 0 Å². The van der Waals surface area contributed by atoms with Crippen LogP contribution in [0.1, 0.15) is 0 Å². The highest BCUT2D eigenvalue weighted by atomic mass is 32.2. The highest BCUT2D eigenvalue weighted by Crippen LogP contribution is 2.23. The molecule has 0 aromatic carbocycles. The van der Waals surface area contributed by atoms with Crippen molar-refractivity contribution in [3.8, 4) is 0 Å². The lowest BCUT2D eigenvalue weighted by Gasteiger charge is -2.11. The van der Waals surface area contributed by atoms with Gasteiger partial charge in [-0.15, -0.1) is 0 Å². The SMILES string of the molecule is CNc1nc(Sc2cnccn2)nc(N(C)C)n1. The van der Waals surface area contributed by atoms with Crippen LogP contribution in [0.5, 0.6) is 0 Å². The third-order valence-electron chi connectivity index (χ3n) is 1.96. The van der Waals surface area contributed by atoms with E-state index in [1.807, 2.05) is 19.0 Å². The second-order valence-electron chi connectivity index (χ2n) is 3.53. The lowest BCUT2D eigenvalue weighted by Crippen LogP contribution is -2.15. The van der Waals surface area contributed by atoms with Crippen molar-refractivity contribution in [2.24, 2.45) is 0 Å². The molecule has 2 heterocycles. The van der Waals surface area contributed by atoms with Crippen LogP contribution in [0.15, 0.2) is 28.8 Å². The first-order valence-electron chi connectivity index (χ1n) is 5.24. The molecule has 0 radical (unpaired) electrons. The van der Waals surface area contributed by atoms with E-state index in [1.54, 1.807) is 25.6 Å². The van der Waals surface area contributed by atoms with E-state index in [-0.39, 0.29) is 0 Å². The molecule has 0 amide bonds. The summed E-state index contributed by atoms with van der Waals surface area (Å²) < 4.78 is 0. The van der Waals surface area contributed by atoms with Crippen molar-refractivity contribution < 1.29 is 0 Å². The van der Waals surface area contributed by atoms with Crippen LogP contribution in [0.3, 0.4) is 0 Å². The van der Waals surface area contributed by atoms with E-state index < -0.39 is 0 Å². The van der Waals surface area contributed by atoms with Gasteiger partial charge < -0.3 is 10.2 Å². The third kappa shape index (κ3) is 3.04. The number of nitrogens with zero attached hydrogens (tertiary/aromatic N) is 6. The fourth-order valence-electron chi connectivity index (χ4n) is 1.13. The van der Waals surface area contributed by atoms with Gasteiger partial charge in [0.05, 0.1) is 6.20 Å². The highest BCUT2D eigenvalue weighted by molar-refractivity contribution is 7.99. The number of nitrogens with one attached hydrogen (secondary N) is 1. The zero-order valence-electron chi connectivity index (χ0n) is 10.3. The van der Waals surface area contributed by atoms with Gasteiger partial charge in [-0.3, -0.25) is 4.98 Å². The molecule has 2 aromatic heterocycles. The summed E-state index contributed by atoms with van der Waals surface area (Å²) in [7, 11) is 5.53. The average molecular weight is 263 g/mol. The maximum absolute atomic E-state index is 4.34. The Hall–Kier alpha value is -1.96. The third-order valence-corrected chi connectivity index (χ3v) is 2.75. The van der Waals surface area contributed by atoms with Crippen molar-refractivity contribution in [2.45, 2.75) is 10.2 Å². The number of hydrogen-bond donors (Lipinski definition) is 1. The monoisotopic (exact) mass is 263 g/mol. The van der Waals surface area contributed by atoms with E-state index in [0.29, 0.717) is 17.1 Å². The van der Waals surface area contributed by atoms with Gasteiger partial charge in [-0.25, -0.2) is 4.98 Å². The number of hydrogen-bond acceptors (Lipinski definition) is 8. The molecule has 0 atom stereocenters. The molecule has 94 valence electrons. The largest absolute Gasteiger partial charge is 0.357 e. The van der Waals surface area contributed by atoms with Crippen LogP contribution < -0.4 is 10.2 Å². The van der Waals surface area contributed by atoms with Crippen LogP contribution in [0.4, 0.5) is 11.9 Å². The first-order chi connectivity index (χ1) is 8.69. The zero-order valence-corrected chi connectivity index (χ0v) is 11.1. The Labute approximate surface area is 109 Å². The van der Waals surface area contributed by atoms with Gasteiger partial charge in [0.2, 0.25) is 17.1 Å². The first-order valence-corrected chi connectivity index (χ1v) is 6.05. The molecule has 18 heavy (non-hydrogen) atoms. The summed E-state index contributed by atoms with van der Waals surface area (Å²) in [5.41, 5.74) is 0. The molecule has 1 N–H and O–H groups in total. The van der Waals surface area contributed by atoms with Crippen molar-refractivity contribution in [3.63, 3.8) is 0 Å². The summed E-state index contributed by atoms with van der Waals surface area (Å²) >= 11 is 1.35. The summed E-state index contributed by atoms with van der Waals surface area (Å²) in [5, 5.41) is 4.24. The summed E-state index contributed by atoms with van der Waals surface area (Å²) in [6, 6.07) is 0. The molecule has 2 rings (SSSR count). The Balaban J connectivity index is 2.30. The molecule has 0 aliphatic heterocycles. The van der Waals surface area contributed by atoms with Gasteiger partial charge in [0.1, 0.15) is 5.03 Å². The minimum absolute atomic E-state index is 0.528. The summed E-state index contributed by atoms with van der Waals surface area (Å²) in [6.07, 6.45) is 4.93. The predicted molar refractivity (Wildman–Crippen MR) is 69.9 cm³/mol. The quantitative estimate of drug-likeness (QED) is 0.872. The molecule has 0 fully saturated rings. The van der Waals surface area contributed by atoms with Crippen LogP contribution in [0, 0.1) is 0 Å². The Kier molecular flexibility index (Phi) is 3.88. The van der Waals surface area contributed by atoms with Gasteiger partial charge in [0, 0.05) is 33.5 Å². The zero-order chi connectivity index (χ0) is 13.0. The van der Waals surface area contributed by atoms with Gasteiger partial charge in [0.15, 0.2) is 0 Å². The highest BCUT2D eigenvalue weighted by Gasteiger charge is 2.09. The first kappa shape index (κ1) is 12.5. The molecule has 0 spiro atoms. The summed E-state index contributed by atoms with van der Waals surface area (Å²) in [5.74, 6) is 1.13. The van der Waals surface area contributed by atoms with Crippen LogP contribution in [0.2, 0.25) is 0 Å². The fraction of sp³-hybridized carbons (Fsp3) is 0.300. The second-order valence-corrected chi connectivity index (χ2v) is 4.52. The van der Waals surface area contributed by atoms with Crippen LogP contribution in [-0.4, -0.2) is 46.1 Å². The molecule has 0 saturated heterocycles. The number of aromatic nitrogens is 5. The molecule has 0 saturated carbocycles. The standard InChI is InChI=1S/C10H13N7S/c1-11-8-14-9(17(2)3)16-10(15-8)18-7-6-12-4-5-13-7/h4-6H,1-3H3,(H,11,14,15,16). The maximum Gasteiger partial charge on any atom is 0.230 e. The van der Waals surface area contributed by atoms with Gasteiger partial charge in [-0.1, -0.05) is 0 Å². The van der Waals surface area contributed by atoms with E-state index in [2.05, 4.69) is 30.2 Å². The minimum Gasteiger partial charge on any atom is -0.357 e. The van der Waals surface area contributed by atoms with Crippen LogP contribution in [0.25, 0.3) is 0 Å². The average Bonchev–Trinajstić information content (AvgIpc) is 2.39. The smallest absolute Gasteiger partial charge is 0.230 e. The minimum atomic E-state index is 0.528. The van der Waals surface area contributed by atoms with Crippen LogP contribution >= 0.6 is 11.8 Å². The predicted octanol–water partition coefficient (Wildman–Crippen LogP) is 0.920. The van der Waals surface area contributed by atoms with E-state index in [1.165, 1.54) is 11.8 Å². The van der Waals surface area contributed by atoms with Crippen molar-refractivity contribution in [1.29, 1.82) is 0 Å². The van der Waals surface area contributed by atoms with Crippen molar-refractivity contribution in [2.75, 3.05) is 31.4 Å². The molecular formula is C10H13N7S. The fourth-order valence-corrected chi connectivity index (χ4v) is 1.81. The Morgan fingerprint density at radius 2 is 2.00 bits per heavy atom. The Morgan fingerprint density at radius 1 is 1.17 bits per heavy atom. The molecule has 7 nitrogen and oxygen atoms in total. The molecular weight excluding hydrogens is 250 g/mol. The second kappa shape index (κ2) is 5.58. The summed E-state index contributed by atoms with van der Waals surface area (Å²) in [4.78, 5) is 22.8. The molecule has 0 aliphatic rings. The van der Waals surface area contributed by atoms with Gasteiger partial charge >= 0.3 is 0 Å². The lowest BCUT2D eigenvalue weighted by atomic mass is 10.8. The van der Waals surface area contributed by atoms with E-state index in [9.17, 15) is 0 Å². The topological polar surface area (TPSA) is 79.7 Å². The Morgan fingerprint density at radius 3 is 2.61 bits per heavy atom. The van der Waals surface area contributed by atoms with E-state index >= 15 is 0 Å². The number of anilines is 2. The molecule has 0 bridgehead atoms. The Bertz CT molecular complexity index is 517. The van der Waals surface area contributed by atoms with Gasteiger partial charge in [-0.05, 0) is 11.8 Å². The van der Waals surface area contributed by atoms with Crippen LogP contribution in [-0.2, 0) is 0 Å². The normalized spacial score (nSPS) is 10.2. The van der Waals surface area contributed by atoms with Gasteiger partial charge in [-0.2, -0.15) is 15.0 Å². The molecule has 0 aliphatic carbocycles. The van der Waals surface area contributed by atoms with Crippen molar-refractivity contribution >= 4 is 23.7 Å². The molecule has 2 aromatic rings. The molecule has 8 heteroatoms. The lowest BCUT2D eigenvalue weighted by molar-refractivity contribution is 0.867. The van der Waals surface area contributed by atoms with E-state index in [0.717, 1.165) is 5.03 Å². The van der Waals surface area contributed by atoms with Gasteiger partial charge in [0.25, 0.3) is 0 Å². The van der Waals surface area contributed by atoms with Crippen molar-refractivity contribution in [1.82, 2.24) is 24.9 Å². The summed E-state index contributed by atoms with van der Waals surface area (Å²) in [6.45, 7) is 0. The van der Waals surface area contributed by atoms with Crippen molar-refractivity contribution in [3.05, 3.63) is 18.6 Å².